The average Bonchev–Trinajstić information content (AvgIpc) is 2.48. The van der Waals surface area contributed by atoms with Gasteiger partial charge in [-0.2, -0.15) is 0 Å². The summed E-state index contributed by atoms with van der Waals surface area (Å²) in [6, 6.07) is 9.26. The Balaban J connectivity index is 1.79. The van der Waals surface area contributed by atoms with Gasteiger partial charge >= 0.3 is 0 Å². The molecule has 0 aliphatic carbocycles. The molecule has 2 nitrogen and oxygen atoms in total. The number of hydrogen-bond acceptors (Lipinski definition) is 3. The molecule has 1 heterocycles. The molecule has 0 fully saturated rings. The average molecular weight is 362 g/mol. The molecule has 0 spiro atoms. The summed E-state index contributed by atoms with van der Waals surface area (Å²) in [6.45, 7) is 1.07. The molecule has 0 radical (unpaired) electrons. The Morgan fingerprint density at radius 3 is 2.62 bits per heavy atom. The summed E-state index contributed by atoms with van der Waals surface area (Å²) in [5, 5.41) is 1.93. The summed E-state index contributed by atoms with van der Waals surface area (Å²) in [4.78, 5) is 0.940. The predicted octanol–water partition coefficient (Wildman–Crippen LogP) is 5.71. The lowest BCUT2D eigenvalue weighted by Gasteiger charge is -2.20. The Morgan fingerprint density at radius 1 is 0.952 bits per heavy atom. The minimum Gasteiger partial charge on any atom is -0.486 e. The van der Waals surface area contributed by atoms with E-state index in [1.54, 1.807) is 23.9 Å². The number of halogens is 3. The van der Waals surface area contributed by atoms with Gasteiger partial charge in [0.2, 0.25) is 0 Å². The molecular formula is C15H11Cl3O2S. The van der Waals surface area contributed by atoms with Crippen LogP contribution in [-0.2, 0) is 5.75 Å². The molecular weight excluding hydrogens is 351 g/mol. The quantitative estimate of drug-likeness (QED) is 0.652. The van der Waals surface area contributed by atoms with Crippen LogP contribution in [0.25, 0.3) is 0 Å². The number of thioether (sulfide) groups is 1. The van der Waals surface area contributed by atoms with Crippen molar-refractivity contribution < 1.29 is 9.47 Å². The van der Waals surface area contributed by atoms with E-state index in [0.717, 1.165) is 16.2 Å². The summed E-state index contributed by atoms with van der Waals surface area (Å²) in [5.41, 5.74) is 1.05. The maximum Gasteiger partial charge on any atom is 0.179 e. The van der Waals surface area contributed by atoms with E-state index < -0.39 is 0 Å². The molecule has 0 unspecified atom stereocenters. The standard InChI is InChI=1S/C15H11Cl3O2S/c16-10-1-2-11(17)14(7-10)21-8-9-5-12(18)15-13(6-9)19-3-4-20-15/h1-2,5-7H,3-4,8H2. The first-order chi connectivity index (χ1) is 10.1. The van der Waals surface area contributed by atoms with Crippen LogP contribution >= 0.6 is 46.6 Å². The molecule has 0 N–H and O–H groups in total. The lowest BCUT2D eigenvalue weighted by Crippen LogP contribution is -2.15. The Morgan fingerprint density at radius 2 is 1.76 bits per heavy atom. The van der Waals surface area contributed by atoms with Gasteiger partial charge < -0.3 is 9.47 Å². The monoisotopic (exact) mass is 360 g/mol. The van der Waals surface area contributed by atoms with E-state index in [1.807, 2.05) is 18.2 Å². The Kier molecular flexibility index (Phi) is 4.75. The fourth-order valence-electron chi connectivity index (χ4n) is 2.00. The van der Waals surface area contributed by atoms with Gasteiger partial charge in [0.15, 0.2) is 11.5 Å². The van der Waals surface area contributed by atoms with Crippen LogP contribution in [0, 0.1) is 0 Å². The van der Waals surface area contributed by atoms with Crippen LogP contribution < -0.4 is 9.47 Å². The van der Waals surface area contributed by atoms with Gasteiger partial charge in [-0.05, 0) is 35.9 Å². The zero-order valence-electron chi connectivity index (χ0n) is 10.9. The van der Waals surface area contributed by atoms with Crippen LogP contribution in [-0.4, -0.2) is 13.2 Å². The van der Waals surface area contributed by atoms with E-state index in [-0.39, 0.29) is 0 Å². The summed E-state index contributed by atoms with van der Waals surface area (Å²) in [5.74, 6) is 2.04. The van der Waals surface area contributed by atoms with E-state index in [4.69, 9.17) is 44.3 Å². The molecule has 0 amide bonds. The molecule has 2 aromatic carbocycles. The van der Waals surface area contributed by atoms with Gasteiger partial charge in [0.1, 0.15) is 13.2 Å². The third-order valence-electron chi connectivity index (χ3n) is 2.94. The topological polar surface area (TPSA) is 18.5 Å². The smallest absolute Gasteiger partial charge is 0.179 e. The Bertz CT molecular complexity index is 676. The van der Waals surface area contributed by atoms with Crippen LogP contribution in [0.4, 0.5) is 0 Å². The van der Waals surface area contributed by atoms with Crippen molar-refractivity contribution in [2.75, 3.05) is 13.2 Å². The third kappa shape index (κ3) is 3.54. The highest BCUT2D eigenvalue weighted by Gasteiger charge is 2.16. The largest absolute Gasteiger partial charge is 0.486 e. The summed E-state index contributed by atoms with van der Waals surface area (Å²) in [6.07, 6.45) is 0. The SMILES string of the molecule is Clc1ccc(Cl)c(SCc2cc(Cl)c3c(c2)OCCO3)c1. The van der Waals surface area contributed by atoms with E-state index in [1.165, 1.54) is 0 Å². The van der Waals surface area contributed by atoms with Crippen molar-refractivity contribution in [1.29, 1.82) is 0 Å². The summed E-state index contributed by atoms with van der Waals surface area (Å²) >= 11 is 20.0. The van der Waals surface area contributed by atoms with Crippen molar-refractivity contribution in [2.45, 2.75) is 10.6 Å². The zero-order chi connectivity index (χ0) is 14.8. The number of fused-ring (bicyclic) bond motifs is 1. The van der Waals surface area contributed by atoms with Gasteiger partial charge in [0, 0.05) is 15.7 Å². The third-order valence-corrected chi connectivity index (χ3v) is 5.03. The molecule has 0 aromatic heterocycles. The van der Waals surface area contributed by atoms with Crippen LogP contribution in [0.3, 0.4) is 0 Å². The van der Waals surface area contributed by atoms with Crippen molar-refractivity contribution in [3.63, 3.8) is 0 Å². The van der Waals surface area contributed by atoms with Crippen LogP contribution in [0.2, 0.25) is 15.1 Å². The van der Waals surface area contributed by atoms with Gasteiger partial charge in [0.05, 0.1) is 10.0 Å². The fourth-order valence-corrected chi connectivity index (χ4v) is 3.71. The number of hydrogen-bond donors (Lipinski definition) is 0. The number of rotatable bonds is 3. The number of benzene rings is 2. The first-order valence-corrected chi connectivity index (χ1v) is 8.41. The summed E-state index contributed by atoms with van der Waals surface area (Å²) < 4.78 is 11.1. The first-order valence-electron chi connectivity index (χ1n) is 6.29. The summed E-state index contributed by atoms with van der Waals surface area (Å²) in [7, 11) is 0. The molecule has 0 bridgehead atoms. The van der Waals surface area contributed by atoms with Crippen molar-refractivity contribution >= 4 is 46.6 Å². The van der Waals surface area contributed by atoms with E-state index >= 15 is 0 Å². The second-order valence-corrected chi connectivity index (χ2v) is 6.73. The molecule has 2 aromatic rings. The maximum absolute atomic E-state index is 6.22. The maximum atomic E-state index is 6.22. The molecule has 6 heteroatoms. The lowest BCUT2D eigenvalue weighted by molar-refractivity contribution is 0.171. The lowest BCUT2D eigenvalue weighted by atomic mass is 10.2. The molecule has 1 aliphatic rings. The second-order valence-electron chi connectivity index (χ2n) is 4.47. The van der Waals surface area contributed by atoms with Crippen LogP contribution in [0.15, 0.2) is 35.2 Å². The molecule has 0 saturated carbocycles. The predicted molar refractivity (Wildman–Crippen MR) is 88.5 cm³/mol. The molecule has 21 heavy (non-hydrogen) atoms. The normalized spacial score (nSPS) is 13.3. The fraction of sp³-hybridized carbons (Fsp3) is 0.200. The van der Waals surface area contributed by atoms with E-state index in [9.17, 15) is 0 Å². The van der Waals surface area contributed by atoms with Gasteiger partial charge in [-0.3, -0.25) is 0 Å². The van der Waals surface area contributed by atoms with Crippen LogP contribution in [0.1, 0.15) is 5.56 Å². The van der Waals surface area contributed by atoms with Gasteiger partial charge in [-0.1, -0.05) is 34.8 Å². The van der Waals surface area contributed by atoms with Gasteiger partial charge in [-0.15, -0.1) is 11.8 Å². The minimum atomic E-state index is 0.527. The van der Waals surface area contributed by atoms with Crippen molar-refractivity contribution in [1.82, 2.24) is 0 Å². The van der Waals surface area contributed by atoms with Crippen molar-refractivity contribution in [3.05, 3.63) is 51.0 Å². The van der Waals surface area contributed by atoms with Gasteiger partial charge in [-0.25, -0.2) is 0 Å². The van der Waals surface area contributed by atoms with E-state index in [2.05, 4.69) is 0 Å². The van der Waals surface area contributed by atoms with E-state index in [0.29, 0.717) is 39.8 Å². The molecule has 0 atom stereocenters. The molecule has 0 saturated heterocycles. The molecule has 110 valence electrons. The highest BCUT2D eigenvalue weighted by atomic mass is 35.5. The number of ether oxygens (including phenoxy) is 2. The second kappa shape index (κ2) is 6.57. The van der Waals surface area contributed by atoms with Gasteiger partial charge in [0.25, 0.3) is 0 Å². The first kappa shape index (κ1) is 15.2. The molecule has 1 aliphatic heterocycles. The Hall–Kier alpha value is -0.740. The molecule has 3 rings (SSSR count). The Labute approximate surface area is 142 Å². The zero-order valence-corrected chi connectivity index (χ0v) is 14.0. The van der Waals surface area contributed by atoms with Crippen LogP contribution in [0.5, 0.6) is 11.5 Å². The highest BCUT2D eigenvalue weighted by molar-refractivity contribution is 7.98. The highest BCUT2D eigenvalue weighted by Crippen LogP contribution is 2.40. The minimum absolute atomic E-state index is 0.527. The van der Waals surface area contributed by atoms with Crippen molar-refractivity contribution in [2.24, 2.45) is 0 Å². The van der Waals surface area contributed by atoms with Crippen molar-refractivity contribution in [3.8, 4) is 11.5 Å².